The van der Waals surface area contributed by atoms with E-state index in [1.54, 1.807) is 45.2 Å². The molecule has 2 nitrogen and oxygen atoms in total. The predicted molar refractivity (Wildman–Crippen MR) is 73.8 cm³/mol. The van der Waals surface area contributed by atoms with Crippen molar-refractivity contribution in [1.82, 2.24) is 0 Å². The highest BCUT2D eigenvalue weighted by Crippen LogP contribution is 2.35. The Morgan fingerprint density at radius 3 is 1.88 bits per heavy atom. The first kappa shape index (κ1) is 16.5. The average molecular weight is 479 g/mol. The van der Waals surface area contributed by atoms with Crippen LogP contribution in [-0.2, 0) is 0 Å². The number of hydrogen-bond acceptors (Lipinski definition) is 2. The Bertz CT molecular complexity index is 363. The molecule has 1 aromatic carbocycles. The van der Waals surface area contributed by atoms with Crippen LogP contribution in [0.2, 0.25) is 0 Å². The molecule has 3 N–H and O–H groups in total. The molecule has 0 saturated heterocycles. The lowest BCUT2D eigenvalue weighted by molar-refractivity contribution is -0.149. The van der Waals surface area contributed by atoms with Crippen LogP contribution in [-0.4, -0.2) is 11.3 Å². The van der Waals surface area contributed by atoms with Gasteiger partial charge in [-0.1, -0.05) is 0 Å². The molecule has 0 bridgehead atoms. The van der Waals surface area contributed by atoms with E-state index in [4.69, 9.17) is 5.73 Å². The Morgan fingerprint density at radius 1 is 1.19 bits per heavy atom. The van der Waals surface area contributed by atoms with Gasteiger partial charge in [-0.2, -0.15) is 13.2 Å². The van der Waals surface area contributed by atoms with E-state index in [-0.39, 0.29) is 23.7 Å². The van der Waals surface area contributed by atoms with Gasteiger partial charge in [-0.25, -0.2) is 0 Å². The number of phenolic OH excluding ortho intramolecular Hbond substituents is 1. The normalized spacial score (nSPS) is 13.1. The lowest BCUT2D eigenvalue weighted by Crippen LogP contribution is -2.28. The number of hydrogen-bond donors (Lipinski definition) is 2. The van der Waals surface area contributed by atoms with E-state index in [0.29, 0.717) is 7.14 Å². The third-order valence-corrected chi connectivity index (χ3v) is 3.40. The van der Waals surface area contributed by atoms with Crippen LogP contribution < -0.4 is 5.73 Å². The minimum Gasteiger partial charge on any atom is -0.506 e. The maximum Gasteiger partial charge on any atom is 0.407 e. The first-order valence-electron chi connectivity index (χ1n) is 3.73. The van der Waals surface area contributed by atoms with Crippen LogP contribution in [0.15, 0.2) is 12.1 Å². The van der Waals surface area contributed by atoms with Gasteiger partial charge in [0.25, 0.3) is 0 Å². The Labute approximate surface area is 123 Å². The molecule has 16 heavy (non-hydrogen) atoms. The monoisotopic (exact) mass is 479 g/mol. The van der Waals surface area contributed by atoms with Crippen molar-refractivity contribution in [3.8, 4) is 5.75 Å². The molecule has 1 rings (SSSR count). The van der Waals surface area contributed by atoms with Crippen molar-refractivity contribution in [2.24, 2.45) is 5.73 Å². The van der Waals surface area contributed by atoms with Crippen molar-refractivity contribution < 1.29 is 18.3 Å². The van der Waals surface area contributed by atoms with Gasteiger partial charge in [-0.15, -0.1) is 12.4 Å². The van der Waals surface area contributed by atoms with Crippen molar-refractivity contribution in [1.29, 1.82) is 0 Å². The molecular weight excluding hydrogens is 472 g/mol. The lowest BCUT2D eigenvalue weighted by atomic mass is 10.1. The molecule has 0 aliphatic carbocycles. The second kappa shape index (κ2) is 5.91. The van der Waals surface area contributed by atoms with Crippen LogP contribution in [0, 0.1) is 7.14 Å². The topological polar surface area (TPSA) is 46.2 Å². The molecule has 0 spiro atoms. The second-order valence-electron chi connectivity index (χ2n) is 2.85. The maximum atomic E-state index is 12.3. The predicted octanol–water partition coefficient (Wildman–Crippen LogP) is 3.59. The zero-order valence-electron chi connectivity index (χ0n) is 7.55. The summed E-state index contributed by atoms with van der Waals surface area (Å²) in [7, 11) is 0. The lowest BCUT2D eigenvalue weighted by Gasteiger charge is -2.16. The van der Waals surface area contributed by atoms with Crippen molar-refractivity contribution in [3.63, 3.8) is 0 Å². The number of nitrogens with two attached hydrogens (primary N) is 1. The molecule has 0 amide bonds. The smallest absolute Gasteiger partial charge is 0.407 e. The quantitative estimate of drug-likeness (QED) is 0.605. The summed E-state index contributed by atoms with van der Waals surface area (Å²) in [5.41, 5.74) is 5.00. The summed E-state index contributed by atoms with van der Waals surface area (Å²) in [6.07, 6.45) is -4.47. The van der Waals surface area contributed by atoms with Gasteiger partial charge in [-0.05, 0) is 62.9 Å². The summed E-state index contributed by atoms with van der Waals surface area (Å²) in [5.74, 6) is -0.0191. The summed E-state index contributed by atoms with van der Waals surface area (Å²) < 4.78 is 37.6. The number of halogens is 6. The largest absolute Gasteiger partial charge is 0.506 e. The molecule has 8 heteroatoms. The zero-order valence-corrected chi connectivity index (χ0v) is 12.7. The van der Waals surface area contributed by atoms with Crippen LogP contribution in [0.4, 0.5) is 13.2 Å². The highest BCUT2D eigenvalue weighted by Gasteiger charge is 2.38. The summed E-state index contributed by atoms with van der Waals surface area (Å²) in [6.45, 7) is 0. The van der Waals surface area contributed by atoms with Crippen molar-refractivity contribution >= 4 is 57.6 Å². The van der Waals surface area contributed by atoms with E-state index < -0.39 is 12.2 Å². The molecule has 0 heterocycles. The Kier molecular flexibility index (Phi) is 6.11. The summed E-state index contributed by atoms with van der Waals surface area (Å²) in [5, 5.41) is 9.38. The fourth-order valence-corrected chi connectivity index (χ4v) is 2.77. The molecule has 1 atom stereocenters. The summed E-state index contributed by atoms with van der Waals surface area (Å²) in [6, 6.07) is 0.451. The highest BCUT2D eigenvalue weighted by molar-refractivity contribution is 14.1. The van der Waals surface area contributed by atoms with E-state index in [9.17, 15) is 18.3 Å². The number of aromatic hydroxyl groups is 1. The molecule has 0 aromatic heterocycles. The van der Waals surface area contributed by atoms with Gasteiger partial charge >= 0.3 is 6.18 Å². The van der Waals surface area contributed by atoms with Gasteiger partial charge in [0.15, 0.2) is 0 Å². The number of phenols is 1. The van der Waals surface area contributed by atoms with Gasteiger partial charge in [0.2, 0.25) is 0 Å². The van der Waals surface area contributed by atoms with Gasteiger partial charge in [-0.3, -0.25) is 0 Å². The standard InChI is InChI=1S/C8H6F3I2NO.ClH/c9-8(10,11)7(14)3-1-4(12)6(15)5(13)2-3;/h1-2,7,15H,14H2;1H/t7-;/m0./s1. The molecule has 92 valence electrons. The Morgan fingerprint density at radius 2 is 1.56 bits per heavy atom. The van der Waals surface area contributed by atoms with Crippen LogP contribution >= 0.6 is 57.6 Å². The van der Waals surface area contributed by atoms with Crippen LogP contribution in [0.3, 0.4) is 0 Å². The maximum absolute atomic E-state index is 12.3. The molecule has 0 fully saturated rings. The van der Waals surface area contributed by atoms with Crippen LogP contribution in [0.5, 0.6) is 5.75 Å². The average Bonchev–Trinajstić information content (AvgIpc) is 2.10. The number of rotatable bonds is 1. The Hall–Kier alpha value is 0.520. The summed E-state index contributed by atoms with van der Waals surface area (Å²) in [4.78, 5) is 0. The summed E-state index contributed by atoms with van der Waals surface area (Å²) >= 11 is 3.52. The first-order chi connectivity index (χ1) is 6.73. The van der Waals surface area contributed by atoms with Gasteiger partial charge < -0.3 is 10.8 Å². The third-order valence-electron chi connectivity index (χ3n) is 1.75. The fraction of sp³-hybridized carbons (Fsp3) is 0.250. The minimum absolute atomic E-state index is 0. The molecule has 0 aliphatic rings. The molecule has 0 saturated carbocycles. The van der Waals surface area contributed by atoms with Gasteiger partial charge in [0, 0.05) is 0 Å². The highest BCUT2D eigenvalue weighted by atomic mass is 127. The van der Waals surface area contributed by atoms with Crippen molar-refractivity contribution in [3.05, 3.63) is 24.8 Å². The van der Waals surface area contributed by atoms with Crippen LogP contribution in [0.25, 0.3) is 0 Å². The fourth-order valence-electron chi connectivity index (χ4n) is 0.954. The first-order valence-corrected chi connectivity index (χ1v) is 5.89. The minimum atomic E-state index is -4.47. The molecular formula is C8H7ClF3I2NO. The molecule has 1 aromatic rings. The SMILES string of the molecule is Cl.N[C@@H](c1cc(I)c(O)c(I)c1)C(F)(F)F. The van der Waals surface area contributed by atoms with E-state index in [0.717, 1.165) is 0 Å². The van der Waals surface area contributed by atoms with Gasteiger partial charge in [0.05, 0.1) is 7.14 Å². The molecule has 0 aliphatic heterocycles. The third kappa shape index (κ3) is 3.77. The second-order valence-corrected chi connectivity index (χ2v) is 5.18. The zero-order chi connectivity index (χ0) is 11.8. The van der Waals surface area contributed by atoms with Crippen molar-refractivity contribution in [2.75, 3.05) is 0 Å². The van der Waals surface area contributed by atoms with Gasteiger partial charge in [0.1, 0.15) is 11.8 Å². The van der Waals surface area contributed by atoms with Crippen LogP contribution in [0.1, 0.15) is 11.6 Å². The van der Waals surface area contributed by atoms with E-state index >= 15 is 0 Å². The number of alkyl halides is 3. The molecule has 0 radical (unpaired) electrons. The van der Waals surface area contributed by atoms with E-state index in [2.05, 4.69) is 0 Å². The Balaban J connectivity index is 0.00000225. The molecule has 0 unspecified atom stereocenters. The van der Waals surface area contributed by atoms with E-state index in [1.807, 2.05) is 0 Å². The van der Waals surface area contributed by atoms with E-state index in [1.165, 1.54) is 12.1 Å². The van der Waals surface area contributed by atoms with Crippen molar-refractivity contribution in [2.45, 2.75) is 12.2 Å². The number of benzene rings is 1.